The number of nitrogens with zero attached hydrogens (tertiary/aromatic N) is 2. The first-order chi connectivity index (χ1) is 14.2. The molecule has 0 spiro atoms. The molecule has 6 nitrogen and oxygen atoms in total. The Bertz CT molecular complexity index is 1030. The SMILES string of the molecule is CC(C)C(Nc1cncc(-c2c[nH]c3ncc(CN)cc23)c1)C(=O)CCC(F)(F)F. The topological polar surface area (TPSA) is 96.7 Å². The second-order valence-electron chi connectivity index (χ2n) is 7.56. The minimum absolute atomic E-state index is 0.182. The average Bonchev–Trinajstić information content (AvgIpc) is 3.12. The molecule has 0 saturated heterocycles. The van der Waals surface area contributed by atoms with Crippen LogP contribution in [0, 0.1) is 5.92 Å². The number of alkyl halides is 3. The normalized spacial score (nSPS) is 13.0. The van der Waals surface area contributed by atoms with Crippen molar-refractivity contribution >= 4 is 22.5 Å². The van der Waals surface area contributed by atoms with Gasteiger partial charge < -0.3 is 16.0 Å². The highest BCUT2D eigenvalue weighted by molar-refractivity contribution is 5.94. The molecule has 160 valence electrons. The van der Waals surface area contributed by atoms with Gasteiger partial charge in [-0.1, -0.05) is 13.8 Å². The first-order valence-electron chi connectivity index (χ1n) is 9.65. The Morgan fingerprint density at radius 1 is 1.23 bits per heavy atom. The van der Waals surface area contributed by atoms with E-state index >= 15 is 0 Å². The molecule has 0 aliphatic carbocycles. The summed E-state index contributed by atoms with van der Waals surface area (Å²) in [7, 11) is 0. The number of hydrogen-bond acceptors (Lipinski definition) is 5. The van der Waals surface area contributed by atoms with Crippen LogP contribution in [0.15, 0.2) is 36.9 Å². The van der Waals surface area contributed by atoms with Crippen molar-refractivity contribution in [1.29, 1.82) is 0 Å². The molecule has 3 rings (SSSR count). The van der Waals surface area contributed by atoms with Crippen LogP contribution in [0.2, 0.25) is 0 Å². The zero-order chi connectivity index (χ0) is 21.9. The number of pyridine rings is 2. The number of halogens is 3. The summed E-state index contributed by atoms with van der Waals surface area (Å²) in [6.45, 7) is 3.95. The molecule has 4 N–H and O–H groups in total. The van der Waals surface area contributed by atoms with Crippen LogP contribution in [0.1, 0.15) is 32.3 Å². The van der Waals surface area contributed by atoms with E-state index in [1.165, 1.54) is 0 Å². The third-order valence-corrected chi connectivity index (χ3v) is 4.86. The Morgan fingerprint density at radius 2 is 2.00 bits per heavy atom. The van der Waals surface area contributed by atoms with Crippen LogP contribution in [0.4, 0.5) is 18.9 Å². The number of rotatable bonds is 8. The van der Waals surface area contributed by atoms with Crippen LogP contribution in [-0.2, 0) is 11.3 Å². The van der Waals surface area contributed by atoms with Crippen molar-refractivity contribution in [3.63, 3.8) is 0 Å². The molecule has 0 saturated carbocycles. The number of Topliss-reactive ketones (excluding diaryl/α,β-unsaturated/α-hetero) is 1. The van der Waals surface area contributed by atoms with Crippen LogP contribution < -0.4 is 11.1 Å². The maximum absolute atomic E-state index is 12.5. The monoisotopic (exact) mass is 419 g/mol. The summed E-state index contributed by atoms with van der Waals surface area (Å²) in [4.78, 5) is 24.1. The zero-order valence-electron chi connectivity index (χ0n) is 16.8. The number of aromatic nitrogens is 3. The summed E-state index contributed by atoms with van der Waals surface area (Å²) in [6.07, 6.45) is 0.715. The molecule has 0 bridgehead atoms. The fraction of sp³-hybridized carbons (Fsp3) is 0.381. The molecule has 0 aromatic carbocycles. The van der Waals surface area contributed by atoms with E-state index < -0.39 is 30.8 Å². The van der Waals surface area contributed by atoms with Crippen molar-refractivity contribution in [2.24, 2.45) is 11.7 Å². The third kappa shape index (κ3) is 5.15. The molecule has 0 fully saturated rings. The second kappa shape index (κ2) is 8.83. The summed E-state index contributed by atoms with van der Waals surface area (Å²) in [6, 6.07) is 3.03. The number of carbonyl (C=O) groups excluding carboxylic acids is 1. The van der Waals surface area contributed by atoms with E-state index in [4.69, 9.17) is 5.73 Å². The van der Waals surface area contributed by atoms with E-state index in [0.29, 0.717) is 17.9 Å². The lowest BCUT2D eigenvalue weighted by Crippen LogP contribution is -2.35. The van der Waals surface area contributed by atoms with Gasteiger partial charge in [-0.2, -0.15) is 13.2 Å². The molecule has 3 aromatic rings. The van der Waals surface area contributed by atoms with Gasteiger partial charge in [-0.3, -0.25) is 9.78 Å². The molecule has 1 unspecified atom stereocenters. The van der Waals surface area contributed by atoms with E-state index in [0.717, 1.165) is 22.1 Å². The van der Waals surface area contributed by atoms with Gasteiger partial charge in [0, 0.05) is 54.3 Å². The minimum Gasteiger partial charge on any atom is -0.374 e. The number of carbonyl (C=O) groups is 1. The number of anilines is 1. The van der Waals surface area contributed by atoms with Crippen LogP contribution in [0.3, 0.4) is 0 Å². The summed E-state index contributed by atoms with van der Waals surface area (Å²) >= 11 is 0. The summed E-state index contributed by atoms with van der Waals surface area (Å²) < 4.78 is 37.5. The molecule has 0 amide bonds. The average molecular weight is 419 g/mol. The highest BCUT2D eigenvalue weighted by atomic mass is 19.4. The van der Waals surface area contributed by atoms with Crippen LogP contribution in [0.5, 0.6) is 0 Å². The number of H-pyrrole nitrogens is 1. The van der Waals surface area contributed by atoms with E-state index in [2.05, 4.69) is 20.3 Å². The van der Waals surface area contributed by atoms with Gasteiger partial charge in [-0.25, -0.2) is 4.98 Å². The first-order valence-corrected chi connectivity index (χ1v) is 9.65. The van der Waals surface area contributed by atoms with Gasteiger partial charge in [0.25, 0.3) is 0 Å². The second-order valence-corrected chi connectivity index (χ2v) is 7.56. The Balaban J connectivity index is 1.85. The number of aromatic amines is 1. The van der Waals surface area contributed by atoms with Gasteiger partial charge in [-0.05, 0) is 23.6 Å². The summed E-state index contributed by atoms with van der Waals surface area (Å²) in [5.74, 6) is -0.657. The van der Waals surface area contributed by atoms with Gasteiger partial charge in [0.05, 0.1) is 18.2 Å². The Labute approximate surface area is 172 Å². The van der Waals surface area contributed by atoms with E-state index in [1.54, 1.807) is 32.4 Å². The highest BCUT2D eigenvalue weighted by Crippen LogP contribution is 2.30. The van der Waals surface area contributed by atoms with Crippen molar-refractivity contribution in [3.8, 4) is 11.1 Å². The number of hydrogen-bond donors (Lipinski definition) is 3. The zero-order valence-corrected chi connectivity index (χ0v) is 16.8. The lowest BCUT2D eigenvalue weighted by molar-refractivity contribution is -0.143. The molecule has 30 heavy (non-hydrogen) atoms. The highest BCUT2D eigenvalue weighted by Gasteiger charge is 2.31. The van der Waals surface area contributed by atoms with Gasteiger partial charge in [-0.15, -0.1) is 0 Å². The number of ketones is 1. The molecule has 3 heterocycles. The van der Waals surface area contributed by atoms with Gasteiger partial charge in [0.2, 0.25) is 0 Å². The van der Waals surface area contributed by atoms with Crippen molar-refractivity contribution in [2.45, 2.75) is 45.5 Å². The van der Waals surface area contributed by atoms with Crippen LogP contribution >= 0.6 is 0 Å². The van der Waals surface area contributed by atoms with E-state index in [-0.39, 0.29) is 5.92 Å². The van der Waals surface area contributed by atoms with Crippen LogP contribution in [0.25, 0.3) is 22.2 Å². The smallest absolute Gasteiger partial charge is 0.374 e. The fourth-order valence-electron chi connectivity index (χ4n) is 3.28. The van der Waals surface area contributed by atoms with E-state index in [1.807, 2.05) is 18.3 Å². The molecular weight excluding hydrogens is 395 g/mol. The Kier molecular flexibility index (Phi) is 6.40. The Hall–Kier alpha value is -2.94. The van der Waals surface area contributed by atoms with Gasteiger partial charge in [0.1, 0.15) is 5.65 Å². The Morgan fingerprint density at radius 3 is 2.67 bits per heavy atom. The molecule has 3 aromatic heterocycles. The van der Waals surface area contributed by atoms with Gasteiger partial charge in [0.15, 0.2) is 5.78 Å². The van der Waals surface area contributed by atoms with Crippen molar-refractivity contribution in [3.05, 3.63) is 42.5 Å². The predicted molar refractivity (Wildman–Crippen MR) is 110 cm³/mol. The first kappa shape index (κ1) is 21.8. The lowest BCUT2D eigenvalue weighted by atomic mass is 9.96. The standard InChI is InChI=1S/C21H24F3N5O/c1-12(2)19(18(30)3-4-21(22,23)24)29-15-6-14(9-26-10-15)17-11-28-20-16(17)5-13(7-25)8-27-20/h5-6,8-12,19,29H,3-4,7,25H2,1-2H3,(H,27,28). The maximum Gasteiger partial charge on any atom is 0.389 e. The maximum atomic E-state index is 12.5. The number of fused-ring (bicyclic) bond motifs is 1. The third-order valence-electron chi connectivity index (χ3n) is 4.86. The quantitative estimate of drug-likeness (QED) is 0.502. The van der Waals surface area contributed by atoms with Crippen LogP contribution in [-0.4, -0.2) is 33.0 Å². The lowest BCUT2D eigenvalue weighted by Gasteiger charge is -2.22. The molecule has 9 heteroatoms. The van der Waals surface area contributed by atoms with Crippen molar-refractivity contribution < 1.29 is 18.0 Å². The molecule has 0 aliphatic heterocycles. The molecular formula is C21H24F3N5O. The summed E-state index contributed by atoms with van der Waals surface area (Å²) in [5, 5.41) is 3.95. The summed E-state index contributed by atoms with van der Waals surface area (Å²) in [5.41, 5.74) is 9.52. The van der Waals surface area contributed by atoms with Crippen molar-refractivity contribution in [1.82, 2.24) is 15.0 Å². The molecule has 1 atom stereocenters. The minimum atomic E-state index is -4.36. The largest absolute Gasteiger partial charge is 0.389 e. The van der Waals surface area contributed by atoms with E-state index in [9.17, 15) is 18.0 Å². The van der Waals surface area contributed by atoms with Crippen molar-refractivity contribution in [2.75, 3.05) is 5.32 Å². The number of nitrogens with two attached hydrogens (primary N) is 1. The number of nitrogens with one attached hydrogen (secondary N) is 2. The predicted octanol–water partition coefficient (Wildman–Crippen LogP) is 4.43. The van der Waals surface area contributed by atoms with Gasteiger partial charge >= 0.3 is 6.18 Å². The fourth-order valence-corrected chi connectivity index (χ4v) is 3.28. The molecule has 0 aliphatic rings. The molecule has 0 radical (unpaired) electrons.